The third-order valence-electron chi connectivity index (χ3n) is 12.2. The van der Waals surface area contributed by atoms with Crippen LogP contribution in [-0.4, -0.2) is 23.8 Å². The summed E-state index contributed by atoms with van der Waals surface area (Å²) in [7, 11) is 0. The van der Waals surface area contributed by atoms with Crippen molar-refractivity contribution < 1.29 is 14.6 Å². The van der Waals surface area contributed by atoms with Crippen molar-refractivity contribution >= 4 is 5.97 Å². The summed E-state index contributed by atoms with van der Waals surface area (Å²) < 4.78 is 5.96. The molecule has 0 aromatic heterocycles. The van der Waals surface area contributed by atoms with Crippen LogP contribution in [0.25, 0.3) is 0 Å². The lowest BCUT2D eigenvalue weighted by molar-refractivity contribution is -0.195. The number of esters is 1. The lowest BCUT2D eigenvalue weighted by Gasteiger charge is -2.65. The minimum absolute atomic E-state index is 0.0538. The number of hydrogen-bond acceptors (Lipinski definition) is 3. The molecule has 204 valence electrons. The molecule has 0 aromatic rings. The molecule has 0 saturated heterocycles. The maximum absolute atomic E-state index is 12.5. The molecule has 3 heteroatoms. The molecule has 0 heterocycles. The molecule has 9 atom stereocenters. The van der Waals surface area contributed by atoms with Crippen molar-refractivity contribution in [3.05, 3.63) is 23.8 Å². The van der Waals surface area contributed by atoms with Gasteiger partial charge in [-0.2, -0.15) is 0 Å². The van der Waals surface area contributed by atoms with Gasteiger partial charge < -0.3 is 9.84 Å². The molecule has 4 saturated carbocycles. The summed E-state index contributed by atoms with van der Waals surface area (Å²) in [6, 6.07) is 0. The summed E-state index contributed by atoms with van der Waals surface area (Å²) in [6.07, 6.45) is 15.2. The van der Waals surface area contributed by atoms with Gasteiger partial charge in [0.2, 0.25) is 0 Å². The van der Waals surface area contributed by atoms with Gasteiger partial charge in [0.25, 0.3) is 0 Å². The largest absolute Gasteiger partial charge is 0.458 e. The molecule has 0 aliphatic heterocycles. The quantitative estimate of drug-likeness (QED) is 0.219. The molecule has 4 aliphatic rings. The number of rotatable bonds is 7. The maximum atomic E-state index is 12.5. The minimum Gasteiger partial charge on any atom is -0.458 e. The number of ether oxygens (including phenoxy) is 1. The third kappa shape index (κ3) is 4.65. The van der Waals surface area contributed by atoms with E-state index in [0.717, 1.165) is 42.4 Å². The minimum atomic E-state index is -0.419. The van der Waals surface area contributed by atoms with Crippen LogP contribution in [0.3, 0.4) is 0 Å². The zero-order valence-corrected chi connectivity index (χ0v) is 24.4. The van der Waals surface area contributed by atoms with Gasteiger partial charge in [-0.3, -0.25) is 0 Å². The highest BCUT2D eigenvalue weighted by molar-refractivity contribution is 5.88. The van der Waals surface area contributed by atoms with Crippen molar-refractivity contribution in [2.45, 2.75) is 119 Å². The van der Waals surface area contributed by atoms with Crippen LogP contribution in [0.15, 0.2) is 23.8 Å². The van der Waals surface area contributed by atoms with Gasteiger partial charge in [0.1, 0.15) is 6.10 Å². The van der Waals surface area contributed by atoms with Crippen LogP contribution in [0.5, 0.6) is 0 Å². The normalized spacial score (nSPS) is 41.9. The van der Waals surface area contributed by atoms with Gasteiger partial charge in [0.05, 0.1) is 12.2 Å². The topological polar surface area (TPSA) is 46.5 Å². The van der Waals surface area contributed by atoms with Crippen LogP contribution in [0.4, 0.5) is 0 Å². The van der Waals surface area contributed by atoms with Gasteiger partial charge in [-0.15, -0.1) is 0 Å². The van der Waals surface area contributed by atoms with Crippen molar-refractivity contribution in [1.82, 2.24) is 0 Å². The summed E-state index contributed by atoms with van der Waals surface area (Å²) >= 11 is 0. The molecule has 4 aliphatic carbocycles. The first-order chi connectivity index (χ1) is 16.9. The first kappa shape index (κ1) is 27.9. The van der Waals surface area contributed by atoms with Crippen molar-refractivity contribution in [3.8, 4) is 0 Å². The average molecular weight is 499 g/mol. The Morgan fingerprint density at radius 2 is 1.67 bits per heavy atom. The zero-order valence-electron chi connectivity index (χ0n) is 24.4. The van der Waals surface area contributed by atoms with Gasteiger partial charge in [0, 0.05) is 5.41 Å². The molecule has 0 unspecified atom stereocenters. The Kier molecular flexibility index (Phi) is 7.94. The van der Waals surface area contributed by atoms with Gasteiger partial charge >= 0.3 is 5.97 Å². The Morgan fingerprint density at radius 1 is 1.00 bits per heavy atom. The van der Waals surface area contributed by atoms with Crippen LogP contribution in [0, 0.1) is 51.8 Å². The molecule has 4 rings (SSSR count). The lowest BCUT2D eigenvalue weighted by atomic mass is 9.41. The number of carbonyl (C=O) groups excluding carboxylic acids is 1. The Hall–Kier alpha value is -1.09. The SMILES string of the molecule is C=C(CO)C(=O)O[C@H]1CC[C@]2(C)[C@H]3CC[C@]4(C)[C@@H]([C@H](C)CCC=C(C)C)CC[C@H]4[C@@H]3CC[C@H]2C1(C)C. The van der Waals surface area contributed by atoms with E-state index in [9.17, 15) is 9.90 Å². The second-order valence-electron chi connectivity index (χ2n) is 14.6. The molecular weight excluding hydrogens is 444 g/mol. The van der Waals surface area contributed by atoms with Gasteiger partial charge in [-0.25, -0.2) is 4.79 Å². The first-order valence-electron chi connectivity index (χ1n) is 15.0. The van der Waals surface area contributed by atoms with Crippen molar-refractivity contribution in [3.63, 3.8) is 0 Å². The average Bonchev–Trinajstić information content (AvgIpc) is 3.17. The summed E-state index contributed by atoms with van der Waals surface area (Å²) in [5, 5.41) is 9.33. The van der Waals surface area contributed by atoms with Crippen molar-refractivity contribution in [2.75, 3.05) is 6.61 Å². The van der Waals surface area contributed by atoms with E-state index >= 15 is 0 Å². The fourth-order valence-corrected chi connectivity index (χ4v) is 10.4. The van der Waals surface area contributed by atoms with E-state index < -0.39 is 5.97 Å². The van der Waals surface area contributed by atoms with E-state index in [-0.39, 0.29) is 23.7 Å². The number of aliphatic hydroxyl groups is 1. The summed E-state index contributed by atoms with van der Waals surface area (Å²) in [5.74, 6) is 4.40. The Labute approximate surface area is 221 Å². The number of fused-ring (bicyclic) bond motifs is 5. The van der Waals surface area contributed by atoms with Crippen LogP contribution in [0.2, 0.25) is 0 Å². The monoisotopic (exact) mass is 498 g/mol. The highest BCUT2D eigenvalue weighted by Gasteiger charge is 2.63. The van der Waals surface area contributed by atoms with E-state index in [2.05, 4.69) is 61.1 Å². The molecule has 0 spiro atoms. The van der Waals surface area contributed by atoms with E-state index in [1.165, 1.54) is 56.9 Å². The highest BCUT2D eigenvalue weighted by Crippen LogP contribution is 2.70. The summed E-state index contributed by atoms with van der Waals surface area (Å²) in [5.41, 5.74) is 2.41. The molecule has 3 nitrogen and oxygen atoms in total. The molecule has 4 fully saturated rings. The number of allylic oxidation sites excluding steroid dienone is 2. The number of aliphatic hydroxyl groups excluding tert-OH is 1. The van der Waals surface area contributed by atoms with Crippen molar-refractivity contribution in [1.29, 1.82) is 0 Å². The fraction of sp³-hybridized carbons (Fsp3) is 0.848. The molecule has 0 radical (unpaired) electrons. The van der Waals surface area contributed by atoms with Gasteiger partial charge in [-0.1, -0.05) is 52.8 Å². The van der Waals surface area contributed by atoms with E-state index in [4.69, 9.17) is 4.74 Å². The molecule has 1 N–H and O–H groups in total. The second-order valence-corrected chi connectivity index (χ2v) is 14.6. The molecule has 0 bridgehead atoms. The Bertz CT molecular complexity index is 866. The molecule has 0 aromatic carbocycles. The summed E-state index contributed by atoms with van der Waals surface area (Å²) in [6.45, 7) is 20.3. The smallest absolute Gasteiger partial charge is 0.336 e. The van der Waals surface area contributed by atoms with E-state index in [1.807, 2.05) is 0 Å². The van der Waals surface area contributed by atoms with Crippen LogP contribution in [0.1, 0.15) is 113 Å². The van der Waals surface area contributed by atoms with Gasteiger partial charge in [0.15, 0.2) is 0 Å². The molecule has 0 amide bonds. The van der Waals surface area contributed by atoms with Crippen LogP contribution in [-0.2, 0) is 9.53 Å². The first-order valence-corrected chi connectivity index (χ1v) is 15.0. The van der Waals surface area contributed by atoms with Crippen LogP contribution < -0.4 is 0 Å². The third-order valence-corrected chi connectivity index (χ3v) is 12.2. The van der Waals surface area contributed by atoms with Gasteiger partial charge in [-0.05, 0) is 124 Å². The zero-order chi connectivity index (χ0) is 26.5. The highest BCUT2D eigenvalue weighted by atomic mass is 16.5. The van der Waals surface area contributed by atoms with Crippen LogP contribution >= 0.6 is 0 Å². The predicted octanol–water partition coefficient (Wildman–Crippen LogP) is 8.12. The van der Waals surface area contributed by atoms with E-state index in [0.29, 0.717) is 16.7 Å². The Balaban J connectivity index is 1.49. The summed E-state index contributed by atoms with van der Waals surface area (Å²) in [4.78, 5) is 12.5. The molecular formula is C33H54O3. The predicted molar refractivity (Wildman–Crippen MR) is 148 cm³/mol. The lowest BCUT2D eigenvalue weighted by Crippen LogP contribution is -2.59. The standard InChI is InChI=1S/C33H54O3/c1-21(2)10-9-11-22(3)25-13-14-26-24-12-15-28-31(5,6)29(36-30(35)23(4)20-34)17-19-33(28,8)27(24)16-18-32(25,26)7/h10,22,24-29,34H,4,9,11-20H2,1-3,5-8H3/t22-,24+,25-,26+,27+,28+,29+,32-,33-/m1/s1. The Morgan fingerprint density at radius 3 is 2.33 bits per heavy atom. The van der Waals surface area contributed by atoms with Crippen molar-refractivity contribution in [2.24, 2.45) is 51.8 Å². The second kappa shape index (κ2) is 10.2. The number of carbonyl (C=O) groups is 1. The maximum Gasteiger partial charge on any atom is 0.336 e. The molecule has 36 heavy (non-hydrogen) atoms. The van der Waals surface area contributed by atoms with E-state index in [1.54, 1.807) is 0 Å². The number of hydrogen-bond donors (Lipinski definition) is 1. The fourth-order valence-electron chi connectivity index (χ4n) is 10.4.